The molecule has 5 heterocycles. The molecular weight excluding hydrogens is 506 g/mol. The van der Waals surface area contributed by atoms with Gasteiger partial charge >= 0.3 is 6.03 Å². The van der Waals surface area contributed by atoms with Crippen molar-refractivity contribution in [3.05, 3.63) is 53.5 Å². The topological polar surface area (TPSA) is 146 Å². The van der Waals surface area contributed by atoms with Crippen LogP contribution < -0.4 is 16.0 Å². The number of nitrogens with zero attached hydrogens (tertiary/aromatic N) is 4. The molecule has 0 aliphatic carbocycles. The van der Waals surface area contributed by atoms with Crippen LogP contribution in [0.3, 0.4) is 0 Å². The summed E-state index contributed by atoms with van der Waals surface area (Å²) in [7, 11) is 0. The number of anilines is 1. The zero-order chi connectivity index (χ0) is 26.9. The Kier molecular flexibility index (Phi) is 6.89. The zero-order valence-electron chi connectivity index (χ0n) is 21.0. The van der Waals surface area contributed by atoms with Crippen LogP contribution in [0.25, 0.3) is 10.2 Å². The Balaban J connectivity index is 1.33. The number of amidine groups is 1. The third kappa shape index (κ3) is 4.86. The Labute approximate surface area is 222 Å². The summed E-state index contributed by atoms with van der Waals surface area (Å²) in [6, 6.07) is 8.38. The minimum atomic E-state index is -0.940. The highest BCUT2D eigenvalue weighted by Crippen LogP contribution is 2.37. The van der Waals surface area contributed by atoms with Gasteiger partial charge in [-0.25, -0.2) is 14.8 Å². The maximum atomic E-state index is 13.7. The Morgan fingerprint density at radius 2 is 1.95 bits per heavy atom. The third-order valence-electron chi connectivity index (χ3n) is 6.67. The van der Waals surface area contributed by atoms with Crippen LogP contribution in [0, 0.1) is 0 Å². The van der Waals surface area contributed by atoms with Gasteiger partial charge in [-0.15, -0.1) is 0 Å². The standard InChI is InChI=1S/C26H27N7O4S/c1-3-27-25(37)31-22-20(17-7-5-11-28-21(17)38-22)23(35)33-12-9-26(10-13-33)24(36)30-19(32-26)14-16-6-4-8-18(29-16)15(2)34/h4-8,11H,3,9-10,12-14H2,1-2H3,(H2,27,31,37)(H,30,32,36). The summed E-state index contributed by atoms with van der Waals surface area (Å²) in [4.78, 5) is 66.3. The van der Waals surface area contributed by atoms with Gasteiger partial charge in [0, 0.05) is 50.3 Å². The van der Waals surface area contributed by atoms with Gasteiger partial charge in [-0.2, -0.15) is 0 Å². The summed E-state index contributed by atoms with van der Waals surface area (Å²) in [5, 5.41) is 9.45. The molecule has 1 spiro atoms. The summed E-state index contributed by atoms with van der Waals surface area (Å²) >= 11 is 1.25. The van der Waals surface area contributed by atoms with Gasteiger partial charge < -0.3 is 15.5 Å². The number of aromatic nitrogens is 2. The van der Waals surface area contributed by atoms with Crippen LogP contribution in [-0.4, -0.2) is 69.5 Å². The summed E-state index contributed by atoms with van der Waals surface area (Å²) in [5.41, 5.74) is 0.472. The first-order valence-corrected chi connectivity index (χ1v) is 13.2. The van der Waals surface area contributed by atoms with Crippen molar-refractivity contribution in [3.8, 4) is 0 Å². The van der Waals surface area contributed by atoms with Crippen molar-refractivity contribution in [2.45, 2.75) is 38.6 Å². The van der Waals surface area contributed by atoms with Crippen LogP contribution in [0.15, 0.2) is 41.5 Å². The maximum Gasteiger partial charge on any atom is 0.319 e. The molecule has 3 aromatic heterocycles. The van der Waals surface area contributed by atoms with Crippen LogP contribution in [0.5, 0.6) is 0 Å². The predicted molar refractivity (Wildman–Crippen MR) is 144 cm³/mol. The largest absolute Gasteiger partial charge is 0.338 e. The van der Waals surface area contributed by atoms with Crippen LogP contribution in [0.4, 0.5) is 9.80 Å². The van der Waals surface area contributed by atoms with E-state index in [0.717, 1.165) is 0 Å². The number of urea groups is 1. The van der Waals surface area contributed by atoms with Gasteiger partial charge in [0.1, 0.15) is 26.9 Å². The van der Waals surface area contributed by atoms with E-state index in [4.69, 9.17) is 4.99 Å². The maximum absolute atomic E-state index is 13.7. The molecule has 3 aromatic rings. The van der Waals surface area contributed by atoms with Crippen molar-refractivity contribution in [2.24, 2.45) is 4.99 Å². The number of aliphatic imine (C=N–C) groups is 1. The van der Waals surface area contributed by atoms with Gasteiger partial charge in [-0.1, -0.05) is 17.4 Å². The van der Waals surface area contributed by atoms with Crippen LogP contribution >= 0.6 is 11.3 Å². The number of likely N-dealkylation sites (tertiary alicyclic amines) is 1. The molecule has 1 fully saturated rings. The van der Waals surface area contributed by atoms with E-state index in [1.165, 1.54) is 18.3 Å². The molecule has 2 aliphatic heterocycles. The molecule has 4 amide bonds. The van der Waals surface area contributed by atoms with E-state index in [-0.39, 0.29) is 17.6 Å². The number of ketones is 1. The lowest BCUT2D eigenvalue weighted by Gasteiger charge is -2.35. The first-order valence-electron chi connectivity index (χ1n) is 12.4. The lowest BCUT2D eigenvalue weighted by Crippen LogP contribution is -2.50. The van der Waals surface area contributed by atoms with Gasteiger partial charge in [-0.05, 0) is 44.0 Å². The monoisotopic (exact) mass is 533 g/mol. The number of pyridine rings is 2. The van der Waals surface area contributed by atoms with Crippen LogP contribution in [0.2, 0.25) is 0 Å². The van der Waals surface area contributed by atoms with Gasteiger partial charge in [-0.3, -0.25) is 24.7 Å². The average Bonchev–Trinajstić information content (AvgIpc) is 3.40. The molecule has 0 saturated carbocycles. The number of nitrogens with one attached hydrogen (secondary N) is 3. The van der Waals surface area contributed by atoms with Crippen molar-refractivity contribution >= 4 is 56.0 Å². The summed E-state index contributed by atoms with van der Waals surface area (Å²) in [6.07, 6.45) is 2.69. The summed E-state index contributed by atoms with van der Waals surface area (Å²) < 4.78 is 0. The number of carbonyl (C=O) groups is 4. The number of carbonyl (C=O) groups excluding carboxylic acids is 4. The average molecular weight is 534 g/mol. The van der Waals surface area contributed by atoms with Crippen LogP contribution in [0.1, 0.15) is 53.2 Å². The molecular formula is C26H27N7O4S. The second kappa shape index (κ2) is 10.3. The summed E-state index contributed by atoms with van der Waals surface area (Å²) in [6.45, 7) is 4.39. The molecule has 5 rings (SSSR count). The number of hydrogen-bond acceptors (Lipinski definition) is 8. The zero-order valence-corrected chi connectivity index (χ0v) is 21.9. The first-order chi connectivity index (χ1) is 18.3. The van der Waals surface area contributed by atoms with Crippen molar-refractivity contribution in [1.82, 2.24) is 25.5 Å². The SMILES string of the molecule is CCNC(=O)Nc1sc2ncccc2c1C(=O)N1CCC2(CC1)N=C(Cc1cccc(C(C)=O)n1)NC2=O. The van der Waals surface area contributed by atoms with E-state index in [0.29, 0.717) is 76.9 Å². The lowest BCUT2D eigenvalue weighted by molar-refractivity contribution is -0.125. The fourth-order valence-electron chi connectivity index (χ4n) is 4.73. The fourth-order valence-corrected chi connectivity index (χ4v) is 5.76. The molecule has 1 saturated heterocycles. The molecule has 3 N–H and O–H groups in total. The fraction of sp³-hybridized carbons (Fsp3) is 0.346. The molecule has 0 bridgehead atoms. The summed E-state index contributed by atoms with van der Waals surface area (Å²) in [5.74, 6) is -0.0348. The molecule has 0 atom stereocenters. The van der Waals surface area contributed by atoms with E-state index in [9.17, 15) is 19.2 Å². The minimum absolute atomic E-state index is 0.128. The molecule has 0 radical (unpaired) electrons. The second-order valence-electron chi connectivity index (χ2n) is 9.23. The van der Waals surface area contributed by atoms with E-state index in [1.54, 1.807) is 35.4 Å². The number of rotatable bonds is 6. The molecule has 12 heteroatoms. The highest BCUT2D eigenvalue weighted by Gasteiger charge is 2.46. The van der Waals surface area contributed by atoms with Crippen molar-refractivity contribution in [1.29, 1.82) is 0 Å². The van der Waals surface area contributed by atoms with Crippen molar-refractivity contribution < 1.29 is 19.2 Å². The molecule has 2 aliphatic rings. The minimum Gasteiger partial charge on any atom is -0.338 e. The van der Waals surface area contributed by atoms with Crippen molar-refractivity contribution in [2.75, 3.05) is 25.0 Å². The number of fused-ring (bicyclic) bond motifs is 1. The number of thiophene rings is 1. The Hall–Kier alpha value is -4.19. The molecule has 11 nitrogen and oxygen atoms in total. The van der Waals surface area contributed by atoms with E-state index < -0.39 is 11.6 Å². The molecule has 0 unspecified atom stereocenters. The number of amides is 4. The van der Waals surface area contributed by atoms with Gasteiger partial charge in [0.2, 0.25) is 0 Å². The van der Waals surface area contributed by atoms with E-state index in [2.05, 4.69) is 25.9 Å². The number of Topliss-reactive ketones (excluding diaryl/α,β-unsaturated/α-hetero) is 1. The highest BCUT2D eigenvalue weighted by molar-refractivity contribution is 7.23. The predicted octanol–water partition coefficient (Wildman–Crippen LogP) is 2.78. The molecule has 196 valence electrons. The third-order valence-corrected chi connectivity index (χ3v) is 7.70. The number of hydrogen-bond donors (Lipinski definition) is 3. The first kappa shape index (κ1) is 25.5. The normalized spacial score (nSPS) is 16.3. The van der Waals surface area contributed by atoms with E-state index in [1.807, 2.05) is 13.0 Å². The Bertz CT molecular complexity index is 1470. The molecule has 38 heavy (non-hydrogen) atoms. The smallest absolute Gasteiger partial charge is 0.319 e. The highest BCUT2D eigenvalue weighted by atomic mass is 32.1. The van der Waals surface area contributed by atoms with E-state index >= 15 is 0 Å². The Morgan fingerprint density at radius 1 is 1.16 bits per heavy atom. The Morgan fingerprint density at radius 3 is 2.68 bits per heavy atom. The van der Waals surface area contributed by atoms with Gasteiger partial charge in [0.25, 0.3) is 11.8 Å². The van der Waals surface area contributed by atoms with Gasteiger partial charge in [0.05, 0.1) is 5.56 Å². The van der Waals surface area contributed by atoms with Crippen molar-refractivity contribution in [3.63, 3.8) is 0 Å². The second-order valence-corrected chi connectivity index (χ2v) is 10.2. The quantitative estimate of drug-likeness (QED) is 0.416. The molecule has 0 aromatic carbocycles. The lowest BCUT2D eigenvalue weighted by atomic mass is 9.87. The number of piperidine rings is 1. The van der Waals surface area contributed by atoms with Crippen LogP contribution in [-0.2, 0) is 11.2 Å². The van der Waals surface area contributed by atoms with Gasteiger partial charge in [0.15, 0.2) is 5.78 Å².